The fourth-order valence-electron chi connectivity index (χ4n) is 3.21. The molecule has 1 unspecified atom stereocenters. The number of carbonyl (C=O) groups excluding carboxylic acids is 2. The lowest BCUT2D eigenvalue weighted by molar-refractivity contribution is -0.132. The Bertz CT molecular complexity index is 1040. The summed E-state index contributed by atoms with van der Waals surface area (Å²) in [6.45, 7) is 0.427. The third kappa shape index (κ3) is 4.14. The first kappa shape index (κ1) is 19.1. The first-order valence-electron chi connectivity index (χ1n) is 8.91. The molecule has 9 heteroatoms. The molecule has 148 valence electrons. The Kier molecular flexibility index (Phi) is 5.30. The molecule has 2 aromatic heterocycles. The lowest BCUT2D eigenvalue weighted by Gasteiger charge is -2.17. The number of thiazole rings is 1. The SMILES string of the molecule is O=C(NCc1nc(-c2ccncc2)cs1)C1CCN(c2cc(F)cc(F)c2)C1=O. The Morgan fingerprint density at radius 2 is 1.93 bits per heavy atom. The van der Waals surface area contributed by atoms with Crippen LogP contribution in [0, 0.1) is 17.6 Å². The van der Waals surface area contributed by atoms with Crippen molar-refractivity contribution in [2.45, 2.75) is 13.0 Å². The molecule has 1 aliphatic heterocycles. The molecule has 1 N–H and O–H groups in total. The standard InChI is InChI=1S/C20H16F2N4O2S/c21-13-7-14(22)9-15(8-13)26-6-3-16(20(26)28)19(27)24-10-18-25-17(11-29-18)12-1-4-23-5-2-12/h1-2,4-5,7-9,11,16H,3,6,10H2,(H,24,27). The molecule has 1 fully saturated rings. The number of benzene rings is 1. The lowest BCUT2D eigenvalue weighted by atomic mass is 10.1. The minimum atomic E-state index is -0.888. The molecule has 29 heavy (non-hydrogen) atoms. The number of hydrogen-bond donors (Lipinski definition) is 1. The quantitative estimate of drug-likeness (QED) is 0.651. The van der Waals surface area contributed by atoms with Gasteiger partial charge in [-0.2, -0.15) is 0 Å². The van der Waals surface area contributed by atoms with Gasteiger partial charge in [0, 0.05) is 41.6 Å². The van der Waals surface area contributed by atoms with Crippen molar-refractivity contribution in [3.63, 3.8) is 0 Å². The second-order valence-corrected chi connectivity index (χ2v) is 7.48. The van der Waals surface area contributed by atoms with Crippen LogP contribution in [0.2, 0.25) is 0 Å². The van der Waals surface area contributed by atoms with E-state index in [9.17, 15) is 18.4 Å². The number of hydrogen-bond acceptors (Lipinski definition) is 5. The largest absolute Gasteiger partial charge is 0.349 e. The number of nitrogens with zero attached hydrogens (tertiary/aromatic N) is 3. The van der Waals surface area contributed by atoms with Crippen LogP contribution < -0.4 is 10.2 Å². The molecule has 0 aliphatic carbocycles. The smallest absolute Gasteiger partial charge is 0.239 e. The van der Waals surface area contributed by atoms with Gasteiger partial charge < -0.3 is 10.2 Å². The van der Waals surface area contributed by atoms with Gasteiger partial charge in [-0.25, -0.2) is 13.8 Å². The normalized spacial score (nSPS) is 16.3. The van der Waals surface area contributed by atoms with Crippen LogP contribution in [0.15, 0.2) is 48.1 Å². The molecule has 6 nitrogen and oxygen atoms in total. The van der Waals surface area contributed by atoms with Gasteiger partial charge in [-0.05, 0) is 30.7 Å². The van der Waals surface area contributed by atoms with Gasteiger partial charge in [0.25, 0.3) is 0 Å². The summed E-state index contributed by atoms with van der Waals surface area (Å²) in [5.41, 5.74) is 1.83. The molecule has 2 amide bonds. The lowest BCUT2D eigenvalue weighted by Crippen LogP contribution is -2.36. The average Bonchev–Trinajstić information content (AvgIpc) is 3.33. The summed E-state index contributed by atoms with van der Waals surface area (Å²) in [5, 5.41) is 5.33. The monoisotopic (exact) mass is 414 g/mol. The molecule has 1 saturated heterocycles. The van der Waals surface area contributed by atoms with E-state index in [1.807, 2.05) is 17.5 Å². The highest BCUT2D eigenvalue weighted by Gasteiger charge is 2.37. The van der Waals surface area contributed by atoms with E-state index in [2.05, 4.69) is 15.3 Å². The maximum atomic E-state index is 13.4. The minimum absolute atomic E-state index is 0.115. The summed E-state index contributed by atoms with van der Waals surface area (Å²) in [6, 6.07) is 6.59. The molecule has 0 bridgehead atoms. The highest BCUT2D eigenvalue weighted by molar-refractivity contribution is 7.09. The average molecular weight is 414 g/mol. The van der Waals surface area contributed by atoms with Crippen LogP contribution in [0.1, 0.15) is 11.4 Å². The van der Waals surface area contributed by atoms with Gasteiger partial charge in [0.1, 0.15) is 22.6 Å². The fourth-order valence-corrected chi connectivity index (χ4v) is 3.95. The number of pyridine rings is 1. The fraction of sp³-hybridized carbons (Fsp3) is 0.200. The van der Waals surface area contributed by atoms with E-state index in [-0.39, 0.29) is 25.2 Å². The zero-order chi connectivity index (χ0) is 20.4. The van der Waals surface area contributed by atoms with E-state index in [1.54, 1.807) is 12.4 Å². The summed E-state index contributed by atoms with van der Waals surface area (Å²) < 4.78 is 26.9. The number of anilines is 1. The molecule has 1 atom stereocenters. The van der Waals surface area contributed by atoms with E-state index < -0.39 is 29.4 Å². The summed E-state index contributed by atoms with van der Waals surface area (Å²) in [6.07, 6.45) is 3.64. The maximum Gasteiger partial charge on any atom is 0.239 e. The third-order valence-electron chi connectivity index (χ3n) is 4.62. The first-order valence-corrected chi connectivity index (χ1v) is 9.79. The van der Waals surface area contributed by atoms with E-state index in [4.69, 9.17) is 0 Å². The number of aromatic nitrogens is 2. The van der Waals surface area contributed by atoms with Crippen LogP contribution in [0.25, 0.3) is 11.3 Å². The third-order valence-corrected chi connectivity index (χ3v) is 5.47. The van der Waals surface area contributed by atoms with E-state index in [0.29, 0.717) is 5.01 Å². The highest BCUT2D eigenvalue weighted by atomic mass is 32.1. The topological polar surface area (TPSA) is 75.2 Å². The summed E-state index contributed by atoms with van der Waals surface area (Å²) in [4.78, 5) is 34.7. The predicted molar refractivity (Wildman–Crippen MR) is 104 cm³/mol. The van der Waals surface area contributed by atoms with Crippen molar-refractivity contribution in [3.05, 3.63) is 64.7 Å². The molecule has 3 heterocycles. The summed E-state index contributed by atoms with van der Waals surface area (Å²) in [7, 11) is 0. The Morgan fingerprint density at radius 1 is 1.21 bits per heavy atom. The molecule has 1 aromatic carbocycles. The van der Waals surface area contributed by atoms with Gasteiger partial charge in [-0.3, -0.25) is 14.6 Å². The number of nitrogens with one attached hydrogen (secondary N) is 1. The molecular formula is C20H16F2N4O2S. The summed E-state index contributed by atoms with van der Waals surface area (Å²) >= 11 is 1.41. The Morgan fingerprint density at radius 3 is 2.66 bits per heavy atom. The molecule has 1 aliphatic rings. The van der Waals surface area contributed by atoms with Crippen molar-refractivity contribution >= 4 is 28.8 Å². The molecule has 4 rings (SSSR count). The Hall–Kier alpha value is -3.20. The molecule has 0 saturated carbocycles. The van der Waals surface area contributed by atoms with Gasteiger partial charge in [0.2, 0.25) is 11.8 Å². The zero-order valence-corrected chi connectivity index (χ0v) is 16.0. The van der Waals surface area contributed by atoms with Crippen LogP contribution in [0.5, 0.6) is 0 Å². The zero-order valence-electron chi connectivity index (χ0n) is 15.1. The van der Waals surface area contributed by atoms with Crippen molar-refractivity contribution in [3.8, 4) is 11.3 Å². The van der Waals surface area contributed by atoms with Crippen molar-refractivity contribution in [1.29, 1.82) is 0 Å². The number of carbonyl (C=O) groups is 2. The Labute approximate surface area is 169 Å². The van der Waals surface area contributed by atoms with Gasteiger partial charge in [-0.1, -0.05) is 0 Å². The Balaban J connectivity index is 1.38. The van der Waals surface area contributed by atoms with Crippen molar-refractivity contribution in [2.24, 2.45) is 5.92 Å². The van der Waals surface area contributed by atoms with Gasteiger partial charge in [0.15, 0.2) is 0 Å². The second kappa shape index (κ2) is 8.04. The molecular weight excluding hydrogens is 398 g/mol. The first-order chi connectivity index (χ1) is 14.0. The predicted octanol–water partition coefficient (Wildman–Crippen LogP) is 3.15. The van der Waals surface area contributed by atoms with Crippen LogP contribution >= 0.6 is 11.3 Å². The molecule has 0 spiro atoms. The van der Waals surface area contributed by atoms with Crippen molar-refractivity contribution in [1.82, 2.24) is 15.3 Å². The van der Waals surface area contributed by atoms with Crippen molar-refractivity contribution < 1.29 is 18.4 Å². The van der Waals surface area contributed by atoms with Crippen LogP contribution in [-0.4, -0.2) is 28.3 Å². The van der Waals surface area contributed by atoms with E-state index >= 15 is 0 Å². The van der Waals surface area contributed by atoms with Crippen LogP contribution in [0.3, 0.4) is 0 Å². The van der Waals surface area contributed by atoms with Crippen LogP contribution in [-0.2, 0) is 16.1 Å². The van der Waals surface area contributed by atoms with Gasteiger partial charge >= 0.3 is 0 Å². The number of halogens is 2. The van der Waals surface area contributed by atoms with E-state index in [0.717, 1.165) is 29.5 Å². The van der Waals surface area contributed by atoms with Gasteiger partial charge in [-0.15, -0.1) is 11.3 Å². The van der Waals surface area contributed by atoms with Gasteiger partial charge in [0.05, 0.1) is 12.2 Å². The minimum Gasteiger partial charge on any atom is -0.349 e. The highest BCUT2D eigenvalue weighted by Crippen LogP contribution is 2.27. The number of rotatable bonds is 5. The molecule has 3 aromatic rings. The maximum absolute atomic E-state index is 13.4. The van der Waals surface area contributed by atoms with Crippen LogP contribution in [0.4, 0.5) is 14.5 Å². The second-order valence-electron chi connectivity index (χ2n) is 6.54. The molecule has 0 radical (unpaired) electrons. The summed E-state index contributed by atoms with van der Waals surface area (Å²) in [5.74, 6) is -3.32. The van der Waals surface area contributed by atoms with Crippen molar-refractivity contribution in [2.75, 3.05) is 11.4 Å². The van der Waals surface area contributed by atoms with E-state index in [1.165, 1.54) is 16.2 Å². The number of amides is 2.